The Bertz CT molecular complexity index is 105. The molecule has 0 aliphatic heterocycles. The Balaban J connectivity index is 0. The summed E-state index contributed by atoms with van der Waals surface area (Å²) in [6.45, 7) is 8.48. The number of rotatable bonds is 0. The quantitative estimate of drug-likeness (QED) is 0.424. The molecule has 0 aliphatic rings. The smallest absolute Gasteiger partial charge is 0.0937 e. The summed E-state index contributed by atoms with van der Waals surface area (Å²) in [6.07, 6.45) is 0. The van der Waals surface area contributed by atoms with E-state index in [1.54, 1.807) is 6.92 Å². The lowest BCUT2D eigenvalue weighted by Crippen LogP contribution is -1.51. The molecular weight excluding hydrogens is 88.1 g/mol. The maximum absolute atomic E-state index is 7.79. The molecule has 0 atom stereocenters. The van der Waals surface area contributed by atoms with E-state index in [0.717, 1.165) is 0 Å². The molecular formula is C5H6N2. The minimum absolute atomic E-state index is 0.560. The van der Waals surface area contributed by atoms with Crippen LogP contribution in [0.4, 0.5) is 0 Å². The normalized spacial score (nSPS) is 4.29. The zero-order chi connectivity index (χ0) is 6.28. The van der Waals surface area contributed by atoms with Gasteiger partial charge in [0.05, 0.1) is 6.07 Å². The fraction of sp³-hybridized carbons (Fsp3) is 0.200. The van der Waals surface area contributed by atoms with E-state index < -0.39 is 0 Å². The molecule has 0 bridgehead atoms. The minimum atomic E-state index is 0.560. The van der Waals surface area contributed by atoms with E-state index in [0.29, 0.717) is 5.57 Å². The second-order valence-corrected chi connectivity index (χ2v) is 0.892. The van der Waals surface area contributed by atoms with Crippen molar-refractivity contribution in [2.45, 2.75) is 6.92 Å². The van der Waals surface area contributed by atoms with Gasteiger partial charge >= 0.3 is 0 Å². The molecule has 0 aromatic carbocycles. The van der Waals surface area contributed by atoms with Crippen LogP contribution in [0.2, 0.25) is 0 Å². The monoisotopic (exact) mass is 94.1 g/mol. The van der Waals surface area contributed by atoms with Crippen molar-refractivity contribution < 1.29 is 0 Å². The Morgan fingerprint density at radius 2 is 1.86 bits per heavy atom. The summed E-state index contributed by atoms with van der Waals surface area (Å²) in [5.41, 5.74) is 0.560. The SMILES string of the molecule is C#N.C=C(C)C#N. The Labute approximate surface area is 43.3 Å². The van der Waals surface area contributed by atoms with Crippen molar-refractivity contribution in [1.82, 2.24) is 0 Å². The second-order valence-electron chi connectivity index (χ2n) is 0.892. The molecule has 0 aliphatic carbocycles. The molecule has 0 N–H and O–H groups in total. The Kier molecular flexibility index (Phi) is 11.6. The van der Waals surface area contributed by atoms with Crippen LogP contribution in [0.15, 0.2) is 12.2 Å². The fourth-order valence-corrected chi connectivity index (χ4v) is 0. The third kappa shape index (κ3) is 67.4. The lowest BCUT2D eigenvalue weighted by molar-refractivity contribution is 1.46. The molecule has 0 heterocycles. The van der Waals surface area contributed by atoms with Gasteiger partial charge in [-0.05, 0) is 6.92 Å². The molecule has 0 saturated heterocycles. The summed E-state index contributed by atoms with van der Waals surface area (Å²) in [5, 5.41) is 14.3. The Morgan fingerprint density at radius 3 is 1.86 bits per heavy atom. The van der Waals surface area contributed by atoms with Gasteiger partial charge in [-0.2, -0.15) is 5.26 Å². The summed E-state index contributed by atoms with van der Waals surface area (Å²) in [4.78, 5) is 0. The topological polar surface area (TPSA) is 47.6 Å². The highest BCUT2D eigenvalue weighted by molar-refractivity contribution is 5.11. The molecule has 2 nitrogen and oxygen atoms in total. The van der Waals surface area contributed by atoms with Crippen molar-refractivity contribution in [3.05, 3.63) is 12.2 Å². The van der Waals surface area contributed by atoms with Crippen LogP contribution in [-0.2, 0) is 0 Å². The number of nitriles is 2. The van der Waals surface area contributed by atoms with Crippen LogP contribution in [0.5, 0.6) is 0 Å². The molecule has 0 rings (SSSR count). The van der Waals surface area contributed by atoms with E-state index in [1.807, 2.05) is 6.07 Å². The van der Waals surface area contributed by atoms with E-state index in [1.165, 1.54) is 0 Å². The van der Waals surface area contributed by atoms with Crippen molar-refractivity contribution in [2.75, 3.05) is 0 Å². The van der Waals surface area contributed by atoms with Gasteiger partial charge in [0.15, 0.2) is 0 Å². The summed E-state index contributed by atoms with van der Waals surface area (Å²) < 4.78 is 0. The highest BCUT2D eigenvalue weighted by atomic mass is 14.2. The van der Waals surface area contributed by atoms with Gasteiger partial charge in [0.2, 0.25) is 0 Å². The maximum atomic E-state index is 7.79. The number of hydrogen-bond acceptors (Lipinski definition) is 2. The highest BCUT2D eigenvalue weighted by Crippen LogP contribution is 1.74. The molecule has 0 unspecified atom stereocenters. The Hall–Kier alpha value is -1.28. The average Bonchev–Trinajstić information content (AvgIpc) is 1.73. The van der Waals surface area contributed by atoms with Gasteiger partial charge in [-0.3, -0.25) is 0 Å². The van der Waals surface area contributed by atoms with Gasteiger partial charge < -0.3 is 0 Å². The summed E-state index contributed by atoms with van der Waals surface area (Å²) in [7, 11) is 0. The van der Waals surface area contributed by atoms with Crippen LogP contribution in [0, 0.1) is 23.2 Å². The van der Waals surface area contributed by atoms with Crippen molar-refractivity contribution in [3.63, 3.8) is 0 Å². The van der Waals surface area contributed by atoms with Crippen LogP contribution in [0.3, 0.4) is 0 Å². The van der Waals surface area contributed by atoms with Crippen molar-refractivity contribution in [3.8, 4) is 12.6 Å². The number of hydrogen-bond donors (Lipinski definition) is 0. The number of allylic oxidation sites excluding steroid dienone is 1. The van der Waals surface area contributed by atoms with Crippen LogP contribution in [-0.4, -0.2) is 0 Å². The van der Waals surface area contributed by atoms with Gasteiger partial charge in [-0.25, -0.2) is 5.26 Å². The van der Waals surface area contributed by atoms with Gasteiger partial charge in [-0.1, -0.05) is 6.58 Å². The molecule has 0 amide bonds. The summed E-state index contributed by atoms with van der Waals surface area (Å²) >= 11 is 0. The van der Waals surface area contributed by atoms with Crippen LogP contribution in [0.25, 0.3) is 0 Å². The first-order valence-electron chi connectivity index (χ1n) is 1.59. The van der Waals surface area contributed by atoms with Crippen molar-refractivity contribution in [1.29, 1.82) is 10.5 Å². The minimum Gasteiger partial charge on any atom is -0.202 e. The van der Waals surface area contributed by atoms with Gasteiger partial charge in [0.25, 0.3) is 0 Å². The second kappa shape index (κ2) is 8.83. The zero-order valence-corrected chi connectivity index (χ0v) is 4.18. The van der Waals surface area contributed by atoms with E-state index >= 15 is 0 Å². The van der Waals surface area contributed by atoms with Crippen LogP contribution < -0.4 is 0 Å². The molecule has 0 fully saturated rings. The lowest BCUT2D eigenvalue weighted by Gasteiger charge is -1.61. The molecule has 36 valence electrons. The van der Waals surface area contributed by atoms with E-state index in [9.17, 15) is 0 Å². The maximum Gasteiger partial charge on any atom is 0.0937 e. The van der Waals surface area contributed by atoms with Crippen LogP contribution in [0.1, 0.15) is 6.92 Å². The number of nitrogens with zero attached hydrogens (tertiary/aromatic N) is 2. The predicted molar refractivity (Wildman–Crippen MR) is 27.1 cm³/mol. The zero-order valence-electron chi connectivity index (χ0n) is 4.18. The molecule has 0 aromatic rings. The van der Waals surface area contributed by atoms with E-state index in [4.69, 9.17) is 10.5 Å². The summed E-state index contributed by atoms with van der Waals surface area (Å²) in [5.74, 6) is 0. The largest absolute Gasteiger partial charge is 0.202 e. The van der Waals surface area contributed by atoms with Gasteiger partial charge in [-0.15, -0.1) is 0 Å². The molecule has 7 heavy (non-hydrogen) atoms. The first-order chi connectivity index (χ1) is 3.27. The molecule has 0 spiro atoms. The lowest BCUT2D eigenvalue weighted by atomic mass is 10.4. The first kappa shape index (κ1) is 9.21. The molecule has 2 heteroatoms. The molecule has 0 saturated carbocycles. The fourth-order valence-electron chi connectivity index (χ4n) is 0. The van der Waals surface area contributed by atoms with Gasteiger partial charge in [0.1, 0.15) is 0 Å². The van der Waals surface area contributed by atoms with E-state index in [-0.39, 0.29) is 0 Å². The Morgan fingerprint density at radius 1 is 1.71 bits per heavy atom. The van der Waals surface area contributed by atoms with Crippen molar-refractivity contribution in [2.24, 2.45) is 0 Å². The van der Waals surface area contributed by atoms with Crippen molar-refractivity contribution >= 4 is 0 Å². The highest BCUT2D eigenvalue weighted by Gasteiger charge is 1.64. The summed E-state index contributed by atoms with van der Waals surface area (Å²) in [6, 6.07) is 1.83. The van der Waals surface area contributed by atoms with E-state index in [2.05, 4.69) is 13.2 Å². The molecule has 0 radical (unpaired) electrons. The molecule has 0 aromatic heterocycles. The standard InChI is InChI=1S/C4H5N.CHN/c1-4(2)3-5;1-2/h1H2,2H3;1H. The predicted octanol–water partition coefficient (Wildman–Crippen LogP) is 1.23. The van der Waals surface area contributed by atoms with Gasteiger partial charge in [0, 0.05) is 12.1 Å². The van der Waals surface area contributed by atoms with Crippen LogP contribution >= 0.6 is 0 Å². The average molecular weight is 94.1 g/mol. The first-order valence-corrected chi connectivity index (χ1v) is 1.59. The third-order valence-electron chi connectivity index (χ3n) is 0.191. The third-order valence-corrected chi connectivity index (χ3v) is 0.191.